The summed E-state index contributed by atoms with van der Waals surface area (Å²) in [4.78, 5) is 11.1. The van der Waals surface area contributed by atoms with Crippen molar-refractivity contribution in [3.05, 3.63) is 12.2 Å². The van der Waals surface area contributed by atoms with Crippen LogP contribution in [0.4, 0.5) is 0 Å². The van der Waals surface area contributed by atoms with Gasteiger partial charge in [-0.25, -0.2) is 0 Å². The lowest BCUT2D eigenvalue weighted by atomic mass is 9.89. The van der Waals surface area contributed by atoms with E-state index in [-0.39, 0.29) is 11.7 Å². The average molecular weight is 149 g/mol. The third kappa shape index (κ3) is 2.19. The van der Waals surface area contributed by atoms with E-state index in [9.17, 15) is 4.79 Å². The van der Waals surface area contributed by atoms with Crippen LogP contribution in [0.1, 0.15) is 25.7 Å². The number of carbonyl (C=O) groups excluding carboxylic acids is 1. The molecule has 58 valence electrons. The third-order valence-electron chi connectivity index (χ3n) is 1.97. The molecule has 2 heteroatoms. The van der Waals surface area contributed by atoms with Crippen LogP contribution in [-0.4, -0.2) is 5.78 Å². The van der Waals surface area contributed by atoms with Crippen molar-refractivity contribution in [1.82, 2.24) is 0 Å². The quantitative estimate of drug-likeness (QED) is 0.601. The highest BCUT2D eigenvalue weighted by molar-refractivity contribution is 5.92. The Hall–Kier alpha value is -1.10. The molecule has 11 heavy (non-hydrogen) atoms. The van der Waals surface area contributed by atoms with Gasteiger partial charge >= 0.3 is 0 Å². The molecule has 0 saturated carbocycles. The van der Waals surface area contributed by atoms with Crippen LogP contribution in [0.2, 0.25) is 0 Å². The van der Waals surface area contributed by atoms with Crippen molar-refractivity contribution >= 4 is 5.78 Å². The number of hydrogen-bond donors (Lipinski definition) is 0. The Balaban J connectivity index is 2.40. The van der Waals surface area contributed by atoms with E-state index in [1.165, 1.54) is 0 Å². The fraction of sp³-hybridized carbons (Fsp3) is 0.556. The smallest absolute Gasteiger partial charge is 0.158 e. The minimum atomic E-state index is 0.125. The summed E-state index contributed by atoms with van der Waals surface area (Å²) in [5.74, 6) is 0.325. The molecule has 0 fully saturated rings. The summed E-state index contributed by atoms with van der Waals surface area (Å²) in [5.41, 5.74) is 0. The largest absolute Gasteiger partial charge is 0.295 e. The minimum absolute atomic E-state index is 0.125. The molecular weight excluding hydrogens is 138 g/mol. The van der Waals surface area contributed by atoms with Gasteiger partial charge in [-0.1, -0.05) is 6.08 Å². The predicted octanol–water partition coefficient (Wildman–Crippen LogP) is 1.83. The lowest BCUT2D eigenvalue weighted by Crippen LogP contribution is -2.14. The highest BCUT2D eigenvalue weighted by Gasteiger charge is 2.17. The van der Waals surface area contributed by atoms with E-state index >= 15 is 0 Å². The first-order valence-corrected chi connectivity index (χ1v) is 3.92. The molecule has 1 aliphatic rings. The van der Waals surface area contributed by atoms with Crippen molar-refractivity contribution in [3.63, 3.8) is 0 Å². The van der Waals surface area contributed by atoms with Gasteiger partial charge in [0.1, 0.15) is 0 Å². The van der Waals surface area contributed by atoms with E-state index in [1.54, 1.807) is 6.08 Å². The normalized spacial score (nSPS) is 23.2. The summed E-state index contributed by atoms with van der Waals surface area (Å²) in [6.07, 6.45) is 6.71. The van der Waals surface area contributed by atoms with Crippen LogP contribution >= 0.6 is 0 Å². The van der Waals surface area contributed by atoms with Crippen LogP contribution in [0.3, 0.4) is 0 Å². The maximum Gasteiger partial charge on any atom is 0.158 e. The zero-order valence-corrected chi connectivity index (χ0v) is 6.42. The van der Waals surface area contributed by atoms with E-state index in [4.69, 9.17) is 5.26 Å². The molecular formula is C9H11NO. The number of rotatable bonds is 2. The molecule has 0 amide bonds. The highest BCUT2D eigenvalue weighted by atomic mass is 16.1. The Morgan fingerprint density at radius 1 is 1.73 bits per heavy atom. The zero-order chi connectivity index (χ0) is 8.10. The molecule has 0 aromatic heterocycles. The molecule has 2 nitrogen and oxygen atoms in total. The van der Waals surface area contributed by atoms with Gasteiger partial charge < -0.3 is 0 Å². The van der Waals surface area contributed by atoms with Crippen molar-refractivity contribution in [2.45, 2.75) is 25.7 Å². The van der Waals surface area contributed by atoms with Crippen LogP contribution in [0.25, 0.3) is 0 Å². The summed E-state index contributed by atoms with van der Waals surface area (Å²) in [6.45, 7) is 0. The first-order valence-electron chi connectivity index (χ1n) is 3.92. The van der Waals surface area contributed by atoms with Crippen molar-refractivity contribution in [2.24, 2.45) is 5.92 Å². The SMILES string of the molecule is N#CCCC1CCC=CC1=O. The van der Waals surface area contributed by atoms with Crippen molar-refractivity contribution in [2.75, 3.05) is 0 Å². The Morgan fingerprint density at radius 2 is 2.55 bits per heavy atom. The number of hydrogen-bond acceptors (Lipinski definition) is 2. The number of nitriles is 1. The summed E-state index contributed by atoms with van der Waals surface area (Å²) in [6, 6.07) is 2.06. The molecule has 0 heterocycles. The van der Waals surface area contributed by atoms with Crippen LogP contribution < -0.4 is 0 Å². The topological polar surface area (TPSA) is 40.9 Å². The Labute approximate surface area is 66.5 Å². The molecule has 0 radical (unpaired) electrons. The Morgan fingerprint density at radius 3 is 3.18 bits per heavy atom. The molecule has 0 aromatic rings. The van der Waals surface area contributed by atoms with E-state index in [0.29, 0.717) is 6.42 Å². The van der Waals surface area contributed by atoms with Crippen LogP contribution in [0.5, 0.6) is 0 Å². The maximum absolute atomic E-state index is 11.1. The molecule has 1 aliphatic carbocycles. The number of allylic oxidation sites excluding steroid dienone is 2. The fourth-order valence-electron chi connectivity index (χ4n) is 1.30. The van der Waals surface area contributed by atoms with Gasteiger partial charge in [-0.05, 0) is 25.3 Å². The Kier molecular flexibility index (Phi) is 2.85. The molecule has 1 rings (SSSR count). The summed E-state index contributed by atoms with van der Waals surface area (Å²) in [5, 5.41) is 8.30. The summed E-state index contributed by atoms with van der Waals surface area (Å²) < 4.78 is 0. The molecule has 0 bridgehead atoms. The summed E-state index contributed by atoms with van der Waals surface area (Å²) in [7, 11) is 0. The Bertz CT molecular complexity index is 212. The molecule has 0 aromatic carbocycles. The van der Waals surface area contributed by atoms with Gasteiger partial charge in [-0.15, -0.1) is 0 Å². The predicted molar refractivity (Wildman–Crippen MR) is 41.7 cm³/mol. The van der Waals surface area contributed by atoms with Gasteiger partial charge in [0.2, 0.25) is 0 Å². The van der Waals surface area contributed by atoms with E-state index in [1.807, 2.05) is 6.08 Å². The molecule has 0 aliphatic heterocycles. The van der Waals surface area contributed by atoms with E-state index in [0.717, 1.165) is 19.3 Å². The van der Waals surface area contributed by atoms with Crippen LogP contribution in [0, 0.1) is 17.2 Å². The average Bonchev–Trinajstić information content (AvgIpc) is 2.03. The maximum atomic E-state index is 11.1. The van der Waals surface area contributed by atoms with E-state index < -0.39 is 0 Å². The molecule has 1 unspecified atom stereocenters. The third-order valence-corrected chi connectivity index (χ3v) is 1.97. The lowest BCUT2D eigenvalue weighted by molar-refractivity contribution is -0.118. The van der Waals surface area contributed by atoms with Gasteiger partial charge in [0.15, 0.2) is 5.78 Å². The fourth-order valence-corrected chi connectivity index (χ4v) is 1.30. The molecule has 0 saturated heterocycles. The monoisotopic (exact) mass is 149 g/mol. The minimum Gasteiger partial charge on any atom is -0.295 e. The number of nitrogens with zero attached hydrogens (tertiary/aromatic N) is 1. The van der Waals surface area contributed by atoms with E-state index in [2.05, 4.69) is 6.07 Å². The van der Waals surface area contributed by atoms with Crippen molar-refractivity contribution < 1.29 is 4.79 Å². The second-order valence-corrected chi connectivity index (χ2v) is 2.78. The standard InChI is InChI=1S/C9H11NO/c10-7-3-5-8-4-1-2-6-9(8)11/h2,6,8H,1,3-5H2. The lowest BCUT2D eigenvalue weighted by Gasteiger charge is -2.13. The second kappa shape index (κ2) is 3.92. The molecule has 1 atom stereocenters. The first-order chi connectivity index (χ1) is 5.34. The van der Waals surface area contributed by atoms with Crippen molar-refractivity contribution in [1.29, 1.82) is 5.26 Å². The molecule has 0 spiro atoms. The summed E-state index contributed by atoms with van der Waals surface area (Å²) >= 11 is 0. The van der Waals surface area contributed by atoms with Gasteiger partial charge in [-0.3, -0.25) is 4.79 Å². The van der Waals surface area contributed by atoms with Gasteiger partial charge in [0, 0.05) is 12.3 Å². The number of carbonyl (C=O) groups is 1. The second-order valence-electron chi connectivity index (χ2n) is 2.78. The van der Waals surface area contributed by atoms with Crippen LogP contribution in [0.15, 0.2) is 12.2 Å². The first kappa shape index (κ1) is 8.00. The number of ketones is 1. The highest BCUT2D eigenvalue weighted by Crippen LogP contribution is 2.19. The van der Waals surface area contributed by atoms with Crippen molar-refractivity contribution in [3.8, 4) is 6.07 Å². The zero-order valence-electron chi connectivity index (χ0n) is 6.42. The molecule has 0 N–H and O–H groups in total. The van der Waals surface area contributed by atoms with Gasteiger partial charge in [-0.2, -0.15) is 5.26 Å². The van der Waals surface area contributed by atoms with Crippen LogP contribution in [-0.2, 0) is 4.79 Å². The van der Waals surface area contributed by atoms with Gasteiger partial charge in [0.05, 0.1) is 6.07 Å². The van der Waals surface area contributed by atoms with Gasteiger partial charge in [0.25, 0.3) is 0 Å².